The molecule has 0 saturated carbocycles. The number of pyridine rings is 2. The smallest absolute Gasteiger partial charge is 0.271 e. The van der Waals surface area contributed by atoms with Crippen LogP contribution in [0.3, 0.4) is 0 Å². The molecule has 0 aliphatic heterocycles. The third-order valence-electron chi connectivity index (χ3n) is 2.27. The van der Waals surface area contributed by atoms with E-state index in [2.05, 4.69) is 4.98 Å². The van der Waals surface area contributed by atoms with E-state index in [1.165, 1.54) is 16.8 Å². The van der Waals surface area contributed by atoms with Gasteiger partial charge < -0.3 is 11.5 Å². The molecule has 0 aromatic carbocycles. The summed E-state index contributed by atoms with van der Waals surface area (Å²) in [5.41, 5.74) is 9.91. The molecule has 0 fully saturated rings. The summed E-state index contributed by atoms with van der Waals surface area (Å²) in [6, 6.07) is 6.54. The molecule has 0 aliphatic carbocycles. The Morgan fingerprint density at radius 1 is 1.29 bits per heavy atom. The average molecular weight is 230 g/mol. The number of carbonyl (C=O) groups is 1. The van der Waals surface area contributed by atoms with E-state index in [0.29, 0.717) is 5.82 Å². The fourth-order valence-corrected chi connectivity index (χ4v) is 1.47. The molecule has 86 valence electrons. The van der Waals surface area contributed by atoms with Crippen LogP contribution in [0.2, 0.25) is 0 Å². The Bertz CT molecular complexity index is 619. The first kappa shape index (κ1) is 10.9. The largest absolute Gasteiger partial charge is 0.398 e. The summed E-state index contributed by atoms with van der Waals surface area (Å²) in [6.45, 7) is 0. The van der Waals surface area contributed by atoms with Crippen molar-refractivity contribution in [3.8, 4) is 5.82 Å². The Balaban J connectivity index is 2.71. The number of nitrogen functional groups attached to an aromatic ring is 1. The highest BCUT2D eigenvalue weighted by atomic mass is 16.2. The summed E-state index contributed by atoms with van der Waals surface area (Å²) < 4.78 is 1.22. The van der Waals surface area contributed by atoms with E-state index in [-0.39, 0.29) is 11.3 Å². The van der Waals surface area contributed by atoms with Gasteiger partial charge in [0.25, 0.3) is 11.5 Å². The van der Waals surface area contributed by atoms with Gasteiger partial charge in [-0.1, -0.05) is 6.07 Å². The minimum absolute atomic E-state index is 0.0645. The first-order chi connectivity index (χ1) is 8.11. The molecule has 0 spiro atoms. The summed E-state index contributed by atoms with van der Waals surface area (Å²) in [5.74, 6) is -0.446. The number of nitrogens with two attached hydrogens (primary N) is 2. The van der Waals surface area contributed by atoms with Gasteiger partial charge in [-0.2, -0.15) is 0 Å². The van der Waals surface area contributed by atoms with Crippen LogP contribution in [-0.2, 0) is 0 Å². The van der Waals surface area contributed by atoms with Crippen molar-refractivity contribution in [1.82, 2.24) is 9.55 Å². The third-order valence-corrected chi connectivity index (χ3v) is 2.27. The van der Waals surface area contributed by atoms with E-state index >= 15 is 0 Å². The first-order valence-corrected chi connectivity index (χ1v) is 4.83. The highest BCUT2D eigenvalue weighted by Gasteiger charge is 2.14. The third kappa shape index (κ3) is 1.87. The van der Waals surface area contributed by atoms with Crippen molar-refractivity contribution < 1.29 is 4.79 Å². The van der Waals surface area contributed by atoms with Crippen LogP contribution in [0.1, 0.15) is 10.4 Å². The predicted molar refractivity (Wildman–Crippen MR) is 62.8 cm³/mol. The quantitative estimate of drug-likeness (QED) is 0.752. The van der Waals surface area contributed by atoms with E-state index in [0.717, 1.165) is 0 Å². The summed E-state index contributed by atoms with van der Waals surface area (Å²) in [4.78, 5) is 27.1. The minimum Gasteiger partial charge on any atom is -0.398 e. The monoisotopic (exact) mass is 230 g/mol. The molecular formula is C11H10N4O2. The number of primary amides is 1. The van der Waals surface area contributed by atoms with Crippen molar-refractivity contribution in [3.63, 3.8) is 0 Å². The number of anilines is 1. The van der Waals surface area contributed by atoms with Gasteiger partial charge in [0.2, 0.25) is 0 Å². The normalized spacial score (nSPS) is 10.1. The average Bonchev–Trinajstić information content (AvgIpc) is 2.30. The molecule has 4 N–H and O–H groups in total. The molecule has 0 radical (unpaired) electrons. The maximum Gasteiger partial charge on any atom is 0.271 e. The van der Waals surface area contributed by atoms with Gasteiger partial charge in [0, 0.05) is 12.4 Å². The molecule has 2 aromatic heterocycles. The van der Waals surface area contributed by atoms with E-state index in [9.17, 15) is 9.59 Å². The molecule has 6 nitrogen and oxygen atoms in total. The summed E-state index contributed by atoms with van der Waals surface area (Å²) in [7, 11) is 0. The van der Waals surface area contributed by atoms with Crippen molar-refractivity contribution >= 4 is 11.6 Å². The fraction of sp³-hybridized carbons (Fsp3) is 0. The van der Waals surface area contributed by atoms with Crippen LogP contribution in [0.25, 0.3) is 5.82 Å². The van der Waals surface area contributed by atoms with E-state index in [4.69, 9.17) is 11.5 Å². The van der Waals surface area contributed by atoms with Gasteiger partial charge >= 0.3 is 0 Å². The molecule has 0 bridgehead atoms. The number of aromatic nitrogens is 2. The number of rotatable bonds is 2. The lowest BCUT2D eigenvalue weighted by Crippen LogP contribution is -2.30. The maximum atomic E-state index is 12.0. The summed E-state index contributed by atoms with van der Waals surface area (Å²) in [6.07, 6.45) is 2.99. The van der Waals surface area contributed by atoms with Gasteiger partial charge in [-0.05, 0) is 18.2 Å². The second-order valence-corrected chi connectivity index (χ2v) is 3.37. The zero-order valence-electron chi connectivity index (χ0n) is 8.83. The van der Waals surface area contributed by atoms with Gasteiger partial charge in [0.15, 0.2) is 0 Å². The van der Waals surface area contributed by atoms with E-state index in [1.807, 2.05) is 0 Å². The predicted octanol–water partition coefficient (Wildman–Crippen LogP) is -0.0864. The van der Waals surface area contributed by atoms with Crippen molar-refractivity contribution in [1.29, 1.82) is 0 Å². The minimum atomic E-state index is -0.849. The highest BCUT2D eigenvalue weighted by Crippen LogP contribution is 2.07. The Hall–Kier alpha value is -2.63. The molecule has 0 saturated heterocycles. The van der Waals surface area contributed by atoms with Crippen LogP contribution in [0, 0.1) is 0 Å². The lowest BCUT2D eigenvalue weighted by Gasteiger charge is -2.07. The maximum absolute atomic E-state index is 12.0. The second kappa shape index (κ2) is 4.09. The number of amides is 1. The molecule has 2 aromatic rings. The highest BCUT2D eigenvalue weighted by molar-refractivity contribution is 5.97. The number of hydrogen-bond acceptors (Lipinski definition) is 4. The van der Waals surface area contributed by atoms with Crippen LogP contribution < -0.4 is 17.0 Å². The second-order valence-electron chi connectivity index (χ2n) is 3.37. The molecule has 2 heterocycles. The molecular weight excluding hydrogens is 220 g/mol. The molecule has 6 heteroatoms. The van der Waals surface area contributed by atoms with E-state index < -0.39 is 11.5 Å². The van der Waals surface area contributed by atoms with Crippen LogP contribution in [-0.4, -0.2) is 15.5 Å². The van der Waals surface area contributed by atoms with Crippen LogP contribution in [0.4, 0.5) is 5.69 Å². The SMILES string of the molecule is NC(=O)c1c(N)ccn(-c2ccccn2)c1=O. The van der Waals surface area contributed by atoms with Gasteiger partial charge in [-0.3, -0.25) is 14.2 Å². The Kier molecular flexibility index (Phi) is 2.61. The van der Waals surface area contributed by atoms with Crippen LogP contribution in [0.5, 0.6) is 0 Å². The van der Waals surface area contributed by atoms with Crippen molar-refractivity contribution in [2.24, 2.45) is 5.73 Å². The molecule has 0 atom stereocenters. The lowest BCUT2D eigenvalue weighted by molar-refractivity contribution is 0.0999. The van der Waals surface area contributed by atoms with Gasteiger partial charge in [-0.25, -0.2) is 4.98 Å². The Morgan fingerprint density at radius 3 is 2.65 bits per heavy atom. The number of nitrogens with zero attached hydrogens (tertiary/aromatic N) is 2. The molecule has 1 amide bonds. The number of hydrogen-bond donors (Lipinski definition) is 2. The Labute approximate surface area is 96.5 Å². The van der Waals surface area contributed by atoms with Crippen molar-refractivity contribution in [2.75, 3.05) is 5.73 Å². The molecule has 2 rings (SSSR count). The topological polar surface area (TPSA) is 104 Å². The number of carbonyl (C=O) groups excluding carboxylic acids is 1. The zero-order valence-corrected chi connectivity index (χ0v) is 8.83. The summed E-state index contributed by atoms with van der Waals surface area (Å²) in [5, 5.41) is 0. The first-order valence-electron chi connectivity index (χ1n) is 4.83. The van der Waals surface area contributed by atoms with Crippen molar-refractivity contribution in [2.45, 2.75) is 0 Å². The lowest BCUT2D eigenvalue weighted by atomic mass is 10.2. The van der Waals surface area contributed by atoms with Crippen LogP contribution >= 0.6 is 0 Å². The molecule has 17 heavy (non-hydrogen) atoms. The fourth-order valence-electron chi connectivity index (χ4n) is 1.47. The molecule has 0 unspecified atom stereocenters. The van der Waals surface area contributed by atoms with Gasteiger partial charge in [-0.15, -0.1) is 0 Å². The van der Waals surface area contributed by atoms with Crippen molar-refractivity contribution in [3.05, 3.63) is 52.6 Å². The Morgan fingerprint density at radius 2 is 2.06 bits per heavy atom. The van der Waals surface area contributed by atoms with Crippen LogP contribution in [0.15, 0.2) is 41.5 Å². The van der Waals surface area contributed by atoms with E-state index in [1.54, 1.807) is 24.4 Å². The van der Waals surface area contributed by atoms with Gasteiger partial charge in [0.1, 0.15) is 11.4 Å². The standard InChI is InChI=1S/C11H10N4O2/c12-7-4-6-15(8-3-1-2-5-14-8)11(17)9(7)10(13)16/h1-6H,12H2,(H2,13,16). The van der Waals surface area contributed by atoms with Gasteiger partial charge in [0.05, 0.1) is 5.69 Å². The summed E-state index contributed by atoms with van der Waals surface area (Å²) >= 11 is 0. The molecule has 0 aliphatic rings. The zero-order chi connectivity index (χ0) is 12.4.